The number of hydrogen-bond acceptors (Lipinski definition) is 7. The molecule has 3 aromatic rings. The van der Waals surface area contributed by atoms with Gasteiger partial charge < -0.3 is 14.8 Å². The molecule has 0 fully saturated rings. The minimum atomic E-state index is -0.614. The molecule has 3 aromatic carbocycles. The Morgan fingerprint density at radius 3 is 2.49 bits per heavy atom. The minimum absolute atomic E-state index is 0.00655. The summed E-state index contributed by atoms with van der Waals surface area (Å²) in [7, 11) is 3.20. The van der Waals surface area contributed by atoms with Crippen molar-refractivity contribution in [2.24, 2.45) is 10.1 Å². The molecule has 2 heterocycles. The number of hydrogen-bond donors (Lipinski definition) is 1. The van der Waals surface area contributed by atoms with Crippen molar-refractivity contribution in [3.05, 3.63) is 90.0 Å². The summed E-state index contributed by atoms with van der Waals surface area (Å²) in [5.74, 6) is 0.816. The van der Waals surface area contributed by atoms with Crippen LogP contribution in [0.2, 0.25) is 0 Å². The van der Waals surface area contributed by atoms with E-state index in [0.717, 1.165) is 22.6 Å². The highest BCUT2D eigenvalue weighted by atomic mass is 32.2. The number of nitrogens with one attached hydrogen (secondary N) is 1. The molecule has 0 aliphatic carbocycles. The quantitative estimate of drug-likeness (QED) is 0.483. The molecule has 0 unspecified atom stereocenters. The molecule has 0 radical (unpaired) electrons. The van der Waals surface area contributed by atoms with Gasteiger partial charge in [-0.05, 0) is 47.5 Å². The number of carbonyl (C=O) groups excluding carboxylic acids is 2. The van der Waals surface area contributed by atoms with E-state index in [1.165, 1.54) is 11.8 Å². The van der Waals surface area contributed by atoms with Crippen LogP contribution in [0.4, 0.5) is 5.69 Å². The molecule has 2 aliphatic heterocycles. The molecule has 37 heavy (non-hydrogen) atoms. The minimum Gasteiger partial charge on any atom is -0.497 e. The Labute approximate surface area is 219 Å². The number of benzene rings is 3. The Hall–Kier alpha value is -4.11. The fourth-order valence-electron chi connectivity index (χ4n) is 4.27. The van der Waals surface area contributed by atoms with E-state index in [4.69, 9.17) is 14.6 Å². The van der Waals surface area contributed by atoms with Crippen LogP contribution in [0.3, 0.4) is 0 Å². The summed E-state index contributed by atoms with van der Waals surface area (Å²) in [6.45, 7) is 0. The molecule has 0 aromatic heterocycles. The summed E-state index contributed by atoms with van der Waals surface area (Å²) >= 11 is 1.28. The highest BCUT2D eigenvalue weighted by Crippen LogP contribution is 2.38. The topological polar surface area (TPSA) is 92.6 Å². The fourth-order valence-corrected chi connectivity index (χ4v) is 5.33. The first kappa shape index (κ1) is 24.6. The lowest BCUT2D eigenvalue weighted by Gasteiger charge is -2.23. The second kappa shape index (κ2) is 10.9. The second-order valence-corrected chi connectivity index (χ2v) is 9.74. The smallest absolute Gasteiger partial charge is 0.262 e. The Balaban J connectivity index is 1.33. The van der Waals surface area contributed by atoms with Gasteiger partial charge in [0, 0.05) is 24.6 Å². The molecule has 1 N–H and O–H groups in total. The number of carbonyl (C=O) groups is 2. The Morgan fingerprint density at radius 1 is 1.00 bits per heavy atom. The number of ether oxygens (including phenoxy) is 2. The van der Waals surface area contributed by atoms with Gasteiger partial charge in [0.2, 0.25) is 5.91 Å². The van der Waals surface area contributed by atoms with Gasteiger partial charge in [-0.3, -0.25) is 9.59 Å². The number of hydrazone groups is 1. The largest absolute Gasteiger partial charge is 0.497 e. The molecule has 8 nitrogen and oxygen atoms in total. The lowest BCUT2D eigenvalue weighted by Crippen LogP contribution is -2.25. The maximum Gasteiger partial charge on any atom is 0.262 e. The molecular formula is C28H26N4O4S. The number of nitrogens with zero attached hydrogens (tertiary/aromatic N) is 3. The van der Waals surface area contributed by atoms with Crippen LogP contribution in [0.15, 0.2) is 89.0 Å². The average molecular weight is 515 g/mol. The molecule has 0 saturated heterocycles. The molecule has 0 saturated carbocycles. The van der Waals surface area contributed by atoms with Crippen molar-refractivity contribution >= 4 is 40.1 Å². The molecule has 9 heteroatoms. The van der Waals surface area contributed by atoms with Crippen molar-refractivity contribution in [3.8, 4) is 11.5 Å². The maximum atomic E-state index is 12.8. The van der Waals surface area contributed by atoms with E-state index in [2.05, 4.69) is 10.3 Å². The molecule has 188 valence electrons. The Bertz CT molecular complexity index is 1360. The van der Waals surface area contributed by atoms with Gasteiger partial charge in [-0.2, -0.15) is 10.1 Å². The van der Waals surface area contributed by atoms with Crippen molar-refractivity contribution in [2.45, 2.75) is 24.1 Å². The zero-order valence-corrected chi connectivity index (χ0v) is 21.3. The first-order chi connectivity index (χ1) is 18.0. The lowest BCUT2D eigenvalue weighted by molar-refractivity contribution is -0.121. The number of amidine groups is 1. The summed E-state index contributed by atoms with van der Waals surface area (Å²) < 4.78 is 10.5. The molecular weight excluding hydrogens is 488 g/mol. The highest BCUT2D eigenvalue weighted by molar-refractivity contribution is 8.15. The normalized spacial score (nSPS) is 18.9. The molecule has 0 bridgehead atoms. The van der Waals surface area contributed by atoms with E-state index >= 15 is 0 Å². The van der Waals surface area contributed by atoms with Gasteiger partial charge >= 0.3 is 0 Å². The van der Waals surface area contributed by atoms with Gasteiger partial charge in [-0.1, -0.05) is 48.2 Å². The first-order valence-corrected chi connectivity index (χ1v) is 12.7. The van der Waals surface area contributed by atoms with Crippen LogP contribution in [0.25, 0.3) is 0 Å². The molecule has 2 atom stereocenters. The third kappa shape index (κ3) is 5.51. The van der Waals surface area contributed by atoms with E-state index in [1.54, 1.807) is 38.5 Å². The lowest BCUT2D eigenvalue weighted by atomic mass is 9.98. The first-order valence-electron chi connectivity index (χ1n) is 11.8. The van der Waals surface area contributed by atoms with Crippen LogP contribution >= 0.6 is 11.8 Å². The van der Waals surface area contributed by atoms with Crippen LogP contribution in [0.1, 0.15) is 30.0 Å². The second-order valence-electron chi connectivity index (χ2n) is 8.57. The molecule has 5 rings (SSSR count). The summed E-state index contributed by atoms with van der Waals surface area (Å²) in [6.07, 6.45) is 0.664. The Kier molecular flexibility index (Phi) is 7.23. The van der Waals surface area contributed by atoms with E-state index in [1.807, 2.05) is 59.6 Å². The average Bonchev–Trinajstić information content (AvgIpc) is 3.53. The standard InChI is InChI=1S/C28H26N4O4S/c1-35-21-13-11-18(12-14-21)23-16-24(19-7-4-3-5-8-19)32(31-23)28-30-27(34)25(37-28)17-26(33)29-20-9-6-10-22(15-20)36-2/h3-15,24-25H,16-17H2,1-2H3,(H,29,33)/t24-,25-/m1/s1. The van der Waals surface area contributed by atoms with Crippen LogP contribution in [0.5, 0.6) is 11.5 Å². The summed E-state index contributed by atoms with van der Waals surface area (Å²) in [6, 6.07) is 24.8. The fraction of sp³-hybridized carbons (Fsp3) is 0.214. The van der Waals surface area contributed by atoms with Gasteiger partial charge in [0.05, 0.1) is 26.0 Å². The van der Waals surface area contributed by atoms with Crippen LogP contribution in [-0.4, -0.2) is 47.2 Å². The number of anilines is 1. The van der Waals surface area contributed by atoms with E-state index in [-0.39, 0.29) is 24.3 Å². The van der Waals surface area contributed by atoms with Gasteiger partial charge in [0.1, 0.15) is 16.7 Å². The van der Waals surface area contributed by atoms with Gasteiger partial charge in [-0.15, -0.1) is 0 Å². The van der Waals surface area contributed by atoms with E-state index < -0.39 is 5.25 Å². The molecule has 2 aliphatic rings. The van der Waals surface area contributed by atoms with Crippen molar-refractivity contribution in [2.75, 3.05) is 19.5 Å². The van der Waals surface area contributed by atoms with Crippen molar-refractivity contribution in [3.63, 3.8) is 0 Å². The third-order valence-electron chi connectivity index (χ3n) is 6.17. The third-order valence-corrected chi connectivity index (χ3v) is 7.31. The zero-order chi connectivity index (χ0) is 25.8. The molecule has 0 spiro atoms. The SMILES string of the molecule is COc1ccc(C2=NN(C3=NC(=O)[C@@H](CC(=O)Nc4cccc(OC)c4)S3)[C@@H](c3ccccc3)C2)cc1. The number of thioether (sulfide) groups is 1. The van der Waals surface area contributed by atoms with Crippen LogP contribution in [0, 0.1) is 0 Å². The number of amides is 2. The van der Waals surface area contributed by atoms with Crippen LogP contribution in [-0.2, 0) is 9.59 Å². The summed E-state index contributed by atoms with van der Waals surface area (Å²) in [5.41, 5.74) is 3.56. The van der Waals surface area contributed by atoms with Gasteiger partial charge in [0.25, 0.3) is 5.91 Å². The summed E-state index contributed by atoms with van der Waals surface area (Å²) in [4.78, 5) is 29.8. The number of aliphatic imine (C=N–C) groups is 1. The van der Waals surface area contributed by atoms with E-state index in [9.17, 15) is 9.59 Å². The predicted octanol–water partition coefficient (Wildman–Crippen LogP) is 4.88. The Morgan fingerprint density at radius 2 is 1.76 bits per heavy atom. The molecule has 2 amide bonds. The maximum absolute atomic E-state index is 12.8. The number of methoxy groups -OCH3 is 2. The van der Waals surface area contributed by atoms with Crippen molar-refractivity contribution in [1.82, 2.24) is 5.01 Å². The zero-order valence-electron chi connectivity index (χ0n) is 20.5. The van der Waals surface area contributed by atoms with Gasteiger partial charge in [0.15, 0.2) is 5.17 Å². The van der Waals surface area contributed by atoms with Gasteiger partial charge in [-0.25, -0.2) is 5.01 Å². The van der Waals surface area contributed by atoms with Crippen LogP contribution < -0.4 is 14.8 Å². The van der Waals surface area contributed by atoms with Crippen molar-refractivity contribution in [1.29, 1.82) is 0 Å². The predicted molar refractivity (Wildman–Crippen MR) is 145 cm³/mol. The number of rotatable bonds is 7. The van der Waals surface area contributed by atoms with Crippen molar-refractivity contribution < 1.29 is 19.1 Å². The monoisotopic (exact) mass is 514 g/mol. The summed E-state index contributed by atoms with van der Waals surface area (Å²) in [5, 5.41) is 9.42. The highest BCUT2D eigenvalue weighted by Gasteiger charge is 2.39. The van der Waals surface area contributed by atoms with E-state index in [0.29, 0.717) is 23.0 Å².